The van der Waals surface area contributed by atoms with Crippen molar-refractivity contribution in [2.45, 2.75) is 71.1 Å². The van der Waals surface area contributed by atoms with Gasteiger partial charge in [-0.3, -0.25) is 9.97 Å². The van der Waals surface area contributed by atoms with Gasteiger partial charge in [-0.05, 0) is 61.6 Å². The van der Waals surface area contributed by atoms with Crippen molar-refractivity contribution in [1.82, 2.24) is 9.97 Å². The summed E-state index contributed by atoms with van der Waals surface area (Å²) in [4.78, 5) is 8.93. The number of aromatic nitrogens is 2. The summed E-state index contributed by atoms with van der Waals surface area (Å²) in [6.07, 6.45) is 17.2. The zero-order valence-corrected chi connectivity index (χ0v) is 17.1. The standard InChI is InChI=1S/C22H31BrN2/c1-19-12-15-24-21(17-19)22-18-20(13-16-25-22)11-9-7-5-3-2-4-6-8-10-14-23/h12-13,15-18H,2-11,14H2,1H3. The molecule has 2 heterocycles. The number of hydrogen-bond acceptors (Lipinski definition) is 2. The van der Waals surface area contributed by atoms with Crippen LogP contribution in [0.1, 0.15) is 68.9 Å². The van der Waals surface area contributed by atoms with Gasteiger partial charge in [0.2, 0.25) is 0 Å². The summed E-state index contributed by atoms with van der Waals surface area (Å²) in [7, 11) is 0. The molecule has 25 heavy (non-hydrogen) atoms. The van der Waals surface area contributed by atoms with Gasteiger partial charge < -0.3 is 0 Å². The normalized spacial score (nSPS) is 11.0. The van der Waals surface area contributed by atoms with E-state index in [2.05, 4.69) is 51.0 Å². The summed E-state index contributed by atoms with van der Waals surface area (Å²) in [6, 6.07) is 8.47. The van der Waals surface area contributed by atoms with Crippen LogP contribution in [0.4, 0.5) is 0 Å². The maximum Gasteiger partial charge on any atom is 0.0888 e. The highest BCUT2D eigenvalue weighted by atomic mass is 79.9. The molecule has 0 spiro atoms. The van der Waals surface area contributed by atoms with E-state index < -0.39 is 0 Å². The Balaban J connectivity index is 1.64. The molecule has 0 saturated carbocycles. The Hall–Kier alpha value is -1.22. The molecule has 0 unspecified atom stereocenters. The fourth-order valence-corrected chi connectivity index (χ4v) is 3.50. The van der Waals surface area contributed by atoms with Gasteiger partial charge in [-0.25, -0.2) is 0 Å². The molecule has 0 bridgehead atoms. The van der Waals surface area contributed by atoms with Crippen LogP contribution in [0, 0.1) is 6.92 Å². The summed E-state index contributed by atoms with van der Waals surface area (Å²) in [5, 5.41) is 1.16. The number of unbranched alkanes of at least 4 members (excludes halogenated alkanes) is 8. The molecule has 2 nitrogen and oxygen atoms in total. The van der Waals surface area contributed by atoms with Crippen molar-refractivity contribution in [2.24, 2.45) is 0 Å². The third-order valence-corrected chi connectivity index (χ3v) is 5.16. The minimum Gasteiger partial charge on any atom is -0.255 e. The molecule has 2 aromatic rings. The average Bonchev–Trinajstić information content (AvgIpc) is 2.63. The van der Waals surface area contributed by atoms with Crippen LogP contribution >= 0.6 is 15.9 Å². The van der Waals surface area contributed by atoms with Gasteiger partial charge >= 0.3 is 0 Å². The molecule has 0 aromatic carbocycles. The molecule has 2 aromatic heterocycles. The molecule has 136 valence electrons. The summed E-state index contributed by atoms with van der Waals surface area (Å²) >= 11 is 3.49. The molecule has 2 rings (SSSR count). The number of hydrogen-bond donors (Lipinski definition) is 0. The number of nitrogens with zero attached hydrogens (tertiary/aromatic N) is 2. The van der Waals surface area contributed by atoms with E-state index in [1.165, 1.54) is 68.9 Å². The van der Waals surface area contributed by atoms with Gasteiger partial charge in [0, 0.05) is 17.7 Å². The van der Waals surface area contributed by atoms with Crippen LogP contribution in [0.5, 0.6) is 0 Å². The van der Waals surface area contributed by atoms with E-state index in [-0.39, 0.29) is 0 Å². The van der Waals surface area contributed by atoms with E-state index in [4.69, 9.17) is 0 Å². The van der Waals surface area contributed by atoms with Crippen LogP contribution < -0.4 is 0 Å². The van der Waals surface area contributed by atoms with Gasteiger partial charge in [-0.1, -0.05) is 60.9 Å². The van der Waals surface area contributed by atoms with Crippen molar-refractivity contribution in [2.75, 3.05) is 5.33 Å². The summed E-state index contributed by atoms with van der Waals surface area (Å²) in [5.74, 6) is 0. The van der Waals surface area contributed by atoms with E-state index in [9.17, 15) is 0 Å². The smallest absolute Gasteiger partial charge is 0.0888 e. The van der Waals surface area contributed by atoms with E-state index in [0.717, 1.165) is 23.1 Å². The largest absolute Gasteiger partial charge is 0.255 e. The van der Waals surface area contributed by atoms with Crippen LogP contribution in [0.3, 0.4) is 0 Å². The van der Waals surface area contributed by atoms with Crippen LogP contribution in [-0.2, 0) is 6.42 Å². The molecule has 0 aliphatic rings. The Morgan fingerprint density at radius 1 is 0.720 bits per heavy atom. The van der Waals surface area contributed by atoms with Crippen molar-refractivity contribution in [3.8, 4) is 11.4 Å². The van der Waals surface area contributed by atoms with Crippen LogP contribution in [0.2, 0.25) is 0 Å². The first-order valence-electron chi connectivity index (χ1n) is 9.73. The first-order chi connectivity index (χ1) is 12.3. The molecule has 3 heteroatoms. The number of halogens is 1. The highest BCUT2D eigenvalue weighted by molar-refractivity contribution is 9.09. The molecule has 0 radical (unpaired) electrons. The van der Waals surface area contributed by atoms with Crippen LogP contribution in [0.25, 0.3) is 11.4 Å². The number of pyridine rings is 2. The number of alkyl halides is 1. The Kier molecular flexibility index (Phi) is 9.79. The molecule has 0 fully saturated rings. The lowest BCUT2D eigenvalue weighted by molar-refractivity contribution is 0.566. The molecular formula is C22H31BrN2. The first kappa shape index (κ1) is 20.1. The minimum atomic E-state index is 0.974. The zero-order chi connectivity index (χ0) is 17.7. The molecule has 0 saturated heterocycles. The number of aryl methyl sites for hydroxylation is 2. The second-order valence-corrected chi connectivity index (χ2v) is 7.68. The fraction of sp³-hybridized carbons (Fsp3) is 0.545. The highest BCUT2D eigenvalue weighted by Crippen LogP contribution is 2.18. The fourth-order valence-electron chi connectivity index (χ4n) is 3.11. The molecule has 0 amide bonds. The Morgan fingerprint density at radius 2 is 1.28 bits per heavy atom. The predicted octanol–water partition coefficient (Wildman–Crippen LogP) is 6.90. The van der Waals surface area contributed by atoms with Crippen molar-refractivity contribution in [3.63, 3.8) is 0 Å². The van der Waals surface area contributed by atoms with E-state index in [1.54, 1.807) is 0 Å². The van der Waals surface area contributed by atoms with Crippen molar-refractivity contribution >= 4 is 15.9 Å². The van der Waals surface area contributed by atoms with Gasteiger partial charge in [0.1, 0.15) is 0 Å². The number of rotatable bonds is 12. The Labute approximate surface area is 161 Å². The topological polar surface area (TPSA) is 25.8 Å². The maximum atomic E-state index is 4.48. The Morgan fingerprint density at radius 3 is 1.92 bits per heavy atom. The quantitative estimate of drug-likeness (QED) is 0.285. The predicted molar refractivity (Wildman–Crippen MR) is 111 cm³/mol. The monoisotopic (exact) mass is 402 g/mol. The van der Waals surface area contributed by atoms with Crippen molar-refractivity contribution in [3.05, 3.63) is 47.8 Å². The third kappa shape index (κ3) is 8.13. The van der Waals surface area contributed by atoms with Gasteiger partial charge in [0.25, 0.3) is 0 Å². The second kappa shape index (κ2) is 12.2. The lowest BCUT2D eigenvalue weighted by Gasteiger charge is -2.05. The van der Waals surface area contributed by atoms with Gasteiger partial charge in [-0.15, -0.1) is 0 Å². The van der Waals surface area contributed by atoms with Crippen LogP contribution in [0.15, 0.2) is 36.7 Å². The van der Waals surface area contributed by atoms with Gasteiger partial charge in [0.05, 0.1) is 11.4 Å². The first-order valence-corrected chi connectivity index (χ1v) is 10.9. The highest BCUT2D eigenvalue weighted by Gasteiger charge is 2.03. The van der Waals surface area contributed by atoms with Gasteiger partial charge in [-0.2, -0.15) is 0 Å². The lowest BCUT2D eigenvalue weighted by atomic mass is 10.0. The Bertz CT molecular complexity index is 612. The van der Waals surface area contributed by atoms with Crippen molar-refractivity contribution in [1.29, 1.82) is 0 Å². The average molecular weight is 403 g/mol. The van der Waals surface area contributed by atoms with E-state index in [1.807, 2.05) is 18.5 Å². The van der Waals surface area contributed by atoms with Gasteiger partial charge in [0.15, 0.2) is 0 Å². The molecule has 0 N–H and O–H groups in total. The minimum absolute atomic E-state index is 0.974. The van der Waals surface area contributed by atoms with Crippen molar-refractivity contribution < 1.29 is 0 Å². The molecule has 0 aliphatic heterocycles. The molecule has 0 aliphatic carbocycles. The summed E-state index contributed by atoms with van der Waals surface area (Å²) in [5.41, 5.74) is 4.57. The zero-order valence-electron chi connectivity index (χ0n) is 15.5. The van der Waals surface area contributed by atoms with E-state index in [0.29, 0.717) is 0 Å². The molecule has 0 atom stereocenters. The van der Waals surface area contributed by atoms with E-state index >= 15 is 0 Å². The summed E-state index contributed by atoms with van der Waals surface area (Å²) in [6.45, 7) is 2.09. The molecular weight excluding hydrogens is 372 g/mol. The summed E-state index contributed by atoms with van der Waals surface area (Å²) < 4.78 is 0. The lowest BCUT2D eigenvalue weighted by Crippen LogP contribution is -1.92. The SMILES string of the molecule is Cc1ccnc(-c2cc(CCCCCCCCCCCBr)ccn2)c1. The maximum absolute atomic E-state index is 4.48. The van der Waals surface area contributed by atoms with Crippen LogP contribution in [-0.4, -0.2) is 15.3 Å². The second-order valence-electron chi connectivity index (χ2n) is 6.89. The third-order valence-electron chi connectivity index (χ3n) is 4.60.